The second-order valence-corrected chi connectivity index (χ2v) is 7.61. The highest BCUT2D eigenvalue weighted by molar-refractivity contribution is 8.93. The molecule has 0 saturated heterocycles. The topological polar surface area (TPSA) is 64.5 Å². The molecule has 1 N–H and O–H groups in total. The zero-order chi connectivity index (χ0) is 17.3. The van der Waals surface area contributed by atoms with E-state index in [1.54, 1.807) is 24.3 Å². The second kappa shape index (κ2) is 7.68. The third-order valence-electron chi connectivity index (χ3n) is 4.36. The average Bonchev–Trinajstić information content (AvgIpc) is 2.93. The highest BCUT2D eigenvalue weighted by Gasteiger charge is 2.26. The molecule has 2 aromatic rings. The summed E-state index contributed by atoms with van der Waals surface area (Å²) in [6.07, 6.45) is 0. The van der Waals surface area contributed by atoms with Crippen molar-refractivity contribution in [3.63, 3.8) is 0 Å². The fourth-order valence-electron chi connectivity index (χ4n) is 3.02. The molecule has 0 aliphatic carbocycles. The number of hydrogen-bond donors (Lipinski definition) is 1. The van der Waals surface area contributed by atoms with Crippen LogP contribution in [-0.2, 0) is 16.6 Å². The van der Waals surface area contributed by atoms with Crippen molar-refractivity contribution in [2.24, 2.45) is 0 Å². The number of rotatable bonds is 5. The Morgan fingerprint density at radius 2 is 1.64 bits per heavy atom. The van der Waals surface area contributed by atoms with E-state index in [9.17, 15) is 8.42 Å². The zero-order valence-corrected chi connectivity index (χ0v) is 16.8. The molecule has 1 heterocycles. The lowest BCUT2D eigenvalue weighted by Gasteiger charge is -2.21. The van der Waals surface area contributed by atoms with Gasteiger partial charge in [0.2, 0.25) is 10.0 Å². The SMILES string of the molecule is Br.CCN(CC)S(=O)(=O)c1ccc(N2Cc3ccccc3C2=N)cc1. The number of hydrogen-bond acceptors (Lipinski definition) is 3. The summed E-state index contributed by atoms with van der Waals surface area (Å²) >= 11 is 0. The van der Waals surface area contributed by atoms with E-state index in [0.717, 1.165) is 16.8 Å². The third-order valence-corrected chi connectivity index (χ3v) is 6.43. The van der Waals surface area contributed by atoms with E-state index in [1.807, 2.05) is 43.0 Å². The fraction of sp³-hybridized carbons (Fsp3) is 0.278. The van der Waals surface area contributed by atoms with Crippen LogP contribution in [0.2, 0.25) is 0 Å². The molecule has 5 nitrogen and oxygen atoms in total. The Bertz CT molecular complexity index is 862. The van der Waals surface area contributed by atoms with Gasteiger partial charge in [-0.2, -0.15) is 4.31 Å². The lowest BCUT2D eigenvalue weighted by molar-refractivity contribution is 0.445. The van der Waals surface area contributed by atoms with Crippen molar-refractivity contribution >= 4 is 38.5 Å². The minimum atomic E-state index is -3.45. The van der Waals surface area contributed by atoms with Gasteiger partial charge >= 0.3 is 0 Å². The van der Waals surface area contributed by atoms with E-state index < -0.39 is 10.0 Å². The van der Waals surface area contributed by atoms with E-state index in [4.69, 9.17) is 5.41 Å². The smallest absolute Gasteiger partial charge is 0.243 e. The molecule has 0 bridgehead atoms. The third kappa shape index (κ3) is 3.49. The Morgan fingerprint density at radius 1 is 1.04 bits per heavy atom. The van der Waals surface area contributed by atoms with Crippen molar-refractivity contribution in [2.45, 2.75) is 25.3 Å². The molecule has 1 aliphatic heterocycles. The first-order valence-electron chi connectivity index (χ1n) is 8.03. The summed E-state index contributed by atoms with van der Waals surface area (Å²) in [6.45, 7) is 5.20. The standard InChI is InChI=1S/C18H21N3O2S.BrH/c1-3-20(4-2)24(22,23)16-11-9-15(10-12-16)21-13-14-7-5-6-8-17(14)18(21)19;/h5-12,19H,3-4,13H2,1-2H3;1H. The summed E-state index contributed by atoms with van der Waals surface area (Å²) in [7, 11) is -3.45. The highest BCUT2D eigenvalue weighted by atomic mass is 79.9. The average molecular weight is 424 g/mol. The maximum absolute atomic E-state index is 12.5. The van der Waals surface area contributed by atoms with E-state index in [0.29, 0.717) is 25.5 Å². The van der Waals surface area contributed by atoms with Crippen LogP contribution in [0.3, 0.4) is 0 Å². The van der Waals surface area contributed by atoms with Gasteiger partial charge in [-0.1, -0.05) is 38.1 Å². The van der Waals surface area contributed by atoms with Crippen LogP contribution in [0.1, 0.15) is 25.0 Å². The van der Waals surface area contributed by atoms with Crippen LogP contribution in [0, 0.1) is 5.41 Å². The van der Waals surface area contributed by atoms with Crippen molar-refractivity contribution < 1.29 is 8.42 Å². The van der Waals surface area contributed by atoms with Gasteiger partial charge < -0.3 is 4.90 Å². The van der Waals surface area contributed by atoms with E-state index in [1.165, 1.54) is 4.31 Å². The second-order valence-electron chi connectivity index (χ2n) is 5.68. The quantitative estimate of drug-likeness (QED) is 0.797. The first kappa shape index (κ1) is 19.6. The Balaban J connectivity index is 0.00000225. The van der Waals surface area contributed by atoms with Gasteiger partial charge in [0.15, 0.2) is 0 Å². The van der Waals surface area contributed by atoms with Gasteiger partial charge in [0, 0.05) is 24.3 Å². The van der Waals surface area contributed by atoms with Gasteiger partial charge in [0.25, 0.3) is 0 Å². The number of halogens is 1. The molecule has 0 unspecified atom stereocenters. The van der Waals surface area contributed by atoms with Gasteiger partial charge in [0.1, 0.15) is 5.84 Å². The van der Waals surface area contributed by atoms with Crippen molar-refractivity contribution in [1.82, 2.24) is 4.31 Å². The van der Waals surface area contributed by atoms with Crippen LogP contribution in [0.5, 0.6) is 0 Å². The van der Waals surface area contributed by atoms with Gasteiger partial charge in [-0.05, 0) is 29.8 Å². The fourth-order valence-corrected chi connectivity index (χ4v) is 4.47. The Kier molecular flexibility index (Phi) is 6.03. The van der Waals surface area contributed by atoms with Crippen LogP contribution in [-0.4, -0.2) is 31.6 Å². The number of amidine groups is 1. The van der Waals surface area contributed by atoms with Crippen LogP contribution in [0.25, 0.3) is 0 Å². The summed E-state index contributed by atoms with van der Waals surface area (Å²) in [6, 6.07) is 14.7. The summed E-state index contributed by atoms with van der Waals surface area (Å²) < 4.78 is 26.5. The minimum absolute atomic E-state index is 0. The number of nitrogens with zero attached hydrogens (tertiary/aromatic N) is 2. The molecule has 0 atom stereocenters. The van der Waals surface area contributed by atoms with Crippen LogP contribution in [0.15, 0.2) is 53.4 Å². The van der Waals surface area contributed by atoms with Crippen LogP contribution < -0.4 is 4.90 Å². The molecule has 7 heteroatoms. The number of benzene rings is 2. The molecular weight excluding hydrogens is 402 g/mol. The number of nitrogens with one attached hydrogen (secondary N) is 1. The van der Waals surface area contributed by atoms with E-state index in [-0.39, 0.29) is 21.9 Å². The van der Waals surface area contributed by atoms with Crippen molar-refractivity contribution in [3.8, 4) is 0 Å². The van der Waals surface area contributed by atoms with Gasteiger partial charge in [-0.25, -0.2) is 8.42 Å². The molecule has 0 saturated carbocycles. The monoisotopic (exact) mass is 423 g/mol. The van der Waals surface area contributed by atoms with E-state index >= 15 is 0 Å². The lowest BCUT2D eigenvalue weighted by Crippen LogP contribution is -2.30. The molecule has 0 aromatic heterocycles. The van der Waals surface area contributed by atoms with Gasteiger partial charge in [-0.3, -0.25) is 5.41 Å². The highest BCUT2D eigenvalue weighted by Crippen LogP contribution is 2.29. The predicted molar refractivity (Wildman–Crippen MR) is 106 cm³/mol. The van der Waals surface area contributed by atoms with Gasteiger partial charge in [0.05, 0.1) is 11.4 Å². The molecule has 0 spiro atoms. The van der Waals surface area contributed by atoms with Crippen LogP contribution >= 0.6 is 17.0 Å². The first-order chi connectivity index (χ1) is 11.5. The molecule has 134 valence electrons. The molecule has 2 aromatic carbocycles. The molecule has 3 rings (SSSR count). The number of anilines is 1. The number of sulfonamides is 1. The summed E-state index contributed by atoms with van der Waals surface area (Å²) in [5.41, 5.74) is 2.87. The Morgan fingerprint density at radius 3 is 2.20 bits per heavy atom. The molecule has 0 amide bonds. The van der Waals surface area contributed by atoms with Crippen LogP contribution in [0.4, 0.5) is 5.69 Å². The van der Waals surface area contributed by atoms with Gasteiger partial charge in [-0.15, -0.1) is 17.0 Å². The maximum atomic E-state index is 12.5. The minimum Gasteiger partial charge on any atom is -0.322 e. The molecule has 0 fully saturated rings. The first-order valence-corrected chi connectivity index (χ1v) is 9.47. The lowest BCUT2D eigenvalue weighted by atomic mass is 10.1. The maximum Gasteiger partial charge on any atom is 0.243 e. The summed E-state index contributed by atoms with van der Waals surface area (Å²) in [5.74, 6) is 0.449. The summed E-state index contributed by atoms with van der Waals surface area (Å²) in [5, 5.41) is 8.33. The van der Waals surface area contributed by atoms with Crippen molar-refractivity contribution in [2.75, 3.05) is 18.0 Å². The zero-order valence-electron chi connectivity index (χ0n) is 14.3. The van der Waals surface area contributed by atoms with Crippen molar-refractivity contribution in [3.05, 3.63) is 59.7 Å². The molecule has 1 aliphatic rings. The largest absolute Gasteiger partial charge is 0.322 e. The Hall–Kier alpha value is -1.70. The molecule has 25 heavy (non-hydrogen) atoms. The van der Waals surface area contributed by atoms with E-state index in [2.05, 4.69) is 0 Å². The summed E-state index contributed by atoms with van der Waals surface area (Å²) in [4.78, 5) is 2.18. The molecular formula is C18H22BrN3O2S. The molecule has 0 radical (unpaired) electrons. The number of fused-ring (bicyclic) bond motifs is 1. The van der Waals surface area contributed by atoms with Crippen molar-refractivity contribution in [1.29, 1.82) is 5.41 Å². The predicted octanol–water partition coefficient (Wildman–Crippen LogP) is 3.64. The Labute approximate surface area is 159 Å². The normalized spacial score (nSPS) is 13.7.